The van der Waals surface area contributed by atoms with Gasteiger partial charge in [0.2, 0.25) is 0 Å². The molecule has 1 heteroatoms. The fourth-order valence-electron chi connectivity index (χ4n) is 0. The molecule has 21 valence electrons. The van der Waals surface area contributed by atoms with Gasteiger partial charge in [-0.15, -0.1) is 25.7 Å². The molecular formula is C4H4K. The molecule has 0 saturated carbocycles. The number of rotatable bonds is 0. The summed E-state index contributed by atoms with van der Waals surface area (Å²) < 4.78 is 0. The molecule has 0 atom stereocenters. The molecule has 0 saturated heterocycles. The molecule has 0 unspecified atom stereocenters. The first kappa shape index (κ1) is 17.1. The molecule has 0 spiro atoms. The first-order valence-electron chi connectivity index (χ1n) is 0.667. The van der Waals surface area contributed by atoms with E-state index in [0.717, 1.165) is 0 Å². The minimum absolute atomic E-state index is 0. The van der Waals surface area contributed by atoms with Crippen molar-refractivity contribution in [1.29, 1.82) is 0 Å². The molecule has 0 aromatic heterocycles. The Kier molecular flexibility index (Phi) is 402. The maximum Gasteiger partial charge on any atom is 0 e. The predicted octanol–water partition coefficient (Wildman–Crippen LogP) is 0.118. The summed E-state index contributed by atoms with van der Waals surface area (Å²) in [5.74, 6) is 0. The van der Waals surface area contributed by atoms with Gasteiger partial charge < -0.3 is 0 Å². The Labute approximate surface area is 75.8 Å². The second-order valence-corrected chi connectivity index (χ2v) is 0. The van der Waals surface area contributed by atoms with Crippen molar-refractivity contribution >= 4 is 51.4 Å². The van der Waals surface area contributed by atoms with E-state index in [2.05, 4.69) is 25.7 Å². The van der Waals surface area contributed by atoms with Crippen LogP contribution in [0.25, 0.3) is 0 Å². The van der Waals surface area contributed by atoms with Gasteiger partial charge in [-0.3, -0.25) is 0 Å². The van der Waals surface area contributed by atoms with E-state index in [-0.39, 0.29) is 51.4 Å². The fraction of sp³-hybridized carbons (Fsp3) is 0. The molecule has 0 heterocycles. The smallest absolute Gasteiger partial charge is 0 e. The third kappa shape index (κ3) is 63.2. The van der Waals surface area contributed by atoms with E-state index in [4.69, 9.17) is 0 Å². The van der Waals surface area contributed by atoms with Crippen molar-refractivity contribution < 1.29 is 0 Å². The van der Waals surface area contributed by atoms with Crippen LogP contribution < -0.4 is 0 Å². The van der Waals surface area contributed by atoms with Gasteiger partial charge in [0.25, 0.3) is 0 Å². The van der Waals surface area contributed by atoms with Crippen LogP contribution in [0, 0.1) is 25.7 Å². The monoisotopic (exact) mass is 91.0 g/mol. The molecule has 0 fully saturated rings. The van der Waals surface area contributed by atoms with Crippen molar-refractivity contribution in [2.24, 2.45) is 0 Å². The maximum atomic E-state index is 4.00. The Hall–Kier alpha value is 0.756. The molecule has 0 aromatic carbocycles. The van der Waals surface area contributed by atoms with Crippen molar-refractivity contribution in [2.75, 3.05) is 0 Å². The van der Waals surface area contributed by atoms with E-state index in [1.54, 1.807) is 0 Å². The van der Waals surface area contributed by atoms with Gasteiger partial charge in [-0.25, -0.2) is 0 Å². The zero-order chi connectivity index (χ0) is 4.00. The molecular weight excluding hydrogens is 87.1 g/mol. The van der Waals surface area contributed by atoms with Crippen LogP contribution in [0.15, 0.2) is 0 Å². The molecule has 0 amide bonds. The van der Waals surface area contributed by atoms with Crippen LogP contribution in [0.3, 0.4) is 0 Å². The van der Waals surface area contributed by atoms with Crippen molar-refractivity contribution in [3.63, 3.8) is 0 Å². The van der Waals surface area contributed by atoms with E-state index < -0.39 is 0 Å². The first-order chi connectivity index (χ1) is 2.00. The van der Waals surface area contributed by atoms with Gasteiger partial charge in [0.15, 0.2) is 0 Å². The molecule has 0 aliphatic carbocycles. The fourth-order valence-corrected chi connectivity index (χ4v) is 0. The Morgan fingerprint density at radius 2 is 0.600 bits per heavy atom. The summed E-state index contributed by atoms with van der Waals surface area (Å²) in [6, 6.07) is 0. The summed E-state index contributed by atoms with van der Waals surface area (Å²) in [7, 11) is 0. The van der Waals surface area contributed by atoms with Gasteiger partial charge in [0.1, 0.15) is 0 Å². The Bertz CT molecular complexity index is 19.1. The topological polar surface area (TPSA) is 0 Å². The summed E-state index contributed by atoms with van der Waals surface area (Å²) in [5, 5.41) is 0. The van der Waals surface area contributed by atoms with Crippen molar-refractivity contribution in [3.05, 3.63) is 0 Å². The van der Waals surface area contributed by atoms with Crippen LogP contribution in [-0.4, -0.2) is 51.4 Å². The Balaban J connectivity index is -0.0000000133. The van der Waals surface area contributed by atoms with Gasteiger partial charge in [-0.1, -0.05) is 0 Å². The van der Waals surface area contributed by atoms with Crippen LogP contribution in [0.1, 0.15) is 0 Å². The van der Waals surface area contributed by atoms with Crippen LogP contribution in [-0.2, 0) is 0 Å². The molecule has 0 aromatic rings. The predicted molar refractivity (Wildman–Crippen MR) is 25.5 cm³/mol. The van der Waals surface area contributed by atoms with Crippen molar-refractivity contribution in [2.45, 2.75) is 0 Å². The first-order valence-corrected chi connectivity index (χ1v) is 0.667. The Morgan fingerprint density at radius 1 is 0.600 bits per heavy atom. The van der Waals surface area contributed by atoms with Crippen molar-refractivity contribution in [1.82, 2.24) is 0 Å². The van der Waals surface area contributed by atoms with Crippen LogP contribution in [0.2, 0.25) is 0 Å². The summed E-state index contributed by atoms with van der Waals surface area (Å²) in [6.45, 7) is 0. The molecule has 1 radical (unpaired) electrons. The molecule has 0 nitrogen and oxygen atoms in total. The summed E-state index contributed by atoms with van der Waals surface area (Å²) in [6.07, 6.45) is 16.0. The number of hydrogen-bond donors (Lipinski definition) is 0. The number of terminal acetylenes is 2. The third-order valence-electron chi connectivity index (χ3n) is 0. The summed E-state index contributed by atoms with van der Waals surface area (Å²) in [5.41, 5.74) is 0. The third-order valence-corrected chi connectivity index (χ3v) is 0. The minimum Gasteiger partial charge on any atom is -0.124 e. The maximum absolute atomic E-state index is 4.00. The average molecular weight is 91.2 g/mol. The van der Waals surface area contributed by atoms with Crippen LogP contribution in [0.5, 0.6) is 0 Å². The second kappa shape index (κ2) is 117. The largest absolute Gasteiger partial charge is 0.124 e. The molecule has 5 heavy (non-hydrogen) atoms. The zero-order valence-corrected chi connectivity index (χ0v) is 6.43. The summed E-state index contributed by atoms with van der Waals surface area (Å²) >= 11 is 0. The van der Waals surface area contributed by atoms with Gasteiger partial charge in [-0.2, -0.15) is 0 Å². The van der Waals surface area contributed by atoms with E-state index in [1.807, 2.05) is 0 Å². The SMILES string of the molecule is C#C.C#C.[K]. The van der Waals surface area contributed by atoms with E-state index in [9.17, 15) is 0 Å². The van der Waals surface area contributed by atoms with E-state index in [1.165, 1.54) is 0 Å². The van der Waals surface area contributed by atoms with Gasteiger partial charge >= 0.3 is 0 Å². The van der Waals surface area contributed by atoms with Gasteiger partial charge in [0.05, 0.1) is 0 Å². The quantitative estimate of drug-likeness (QED) is 0.293. The average Bonchev–Trinajstić information content (AvgIpc) is 1.50. The summed E-state index contributed by atoms with van der Waals surface area (Å²) in [4.78, 5) is 0. The second-order valence-electron chi connectivity index (χ2n) is 0. The van der Waals surface area contributed by atoms with Crippen LogP contribution >= 0.6 is 0 Å². The molecule has 0 bridgehead atoms. The van der Waals surface area contributed by atoms with Gasteiger partial charge in [0, 0.05) is 51.4 Å². The molecule has 0 aliphatic heterocycles. The van der Waals surface area contributed by atoms with E-state index >= 15 is 0 Å². The number of hydrogen-bond acceptors (Lipinski definition) is 0. The van der Waals surface area contributed by atoms with Crippen molar-refractivity contribution in [3.8, 4) is 25.7 Å². The van der Waals surface area contributed by atoms with Gasteiger partial charge in [-0.05, 0) is 0 Å². The normalized spacial score (nSPS) is 0.800. The standard InChI is InChI=1S/2C2H2.K/c2*1-2;/h2*1-2H;. The molecule has 0 aliphatic rings. The zero-order valence-electron chi connectivity index (χ0n) is 3.31. The minimum atomic E-state index is 0. The Morgan fingerprint density at radius 3 is 0.600 bits per heavy atom. The molecule has 0 N–H and O–H groups in total. The van der Waals surface area contributed by atoms with Crippen LogP contribution in [0.4, 0.5) is 0 Å². The molecule has 0 rings (SSSR count). The van der Waals surface area contributed by atoms with E-state index in [0.29, 0.717) is 0 Å².